The first-order valence-corrected chi connectivity index (χ1v) is 12.1. The molecule has 1 aromatic heterocycles. The molecule has 0 aliphatic heterocycles. The fourth-order valence-electron chi connectivity index (χ4n) is 3.26. The lowest BCUT2D eigenvalue weighted by atomic mass is 10.1. The van der Waals surface area contributed by atoms with Gasteiger partial charge in [-0.3, -0.25) is 9.59 Å². The maximum Gasteiger partial charge on any atom is 0.273 e. The van der Waals surface area contributed by atoms with Gasteiger partial charge in [0.15, 0.2) is 11.5 Å². The van der Waals surface area contributed by atoms with Gasteiger partial charge in [-0.2, -0.15) is 5.10 Å². The summed E-state index contributed by atoms with van der Waals surface area (Å²) in [6, 6.07) is 23.0. The van der Waals surface area contributed by atoms with Crippen LogP contribution >= 0.6 is 22.9 Å². The number of amides is 2. The molecule has 0 atom stereocenters. The predicted molar refractivity (Wildman–Crippen MR) is 143 cm³/mol. The van der Waals surface area contributed by atoms with Crippen molar-refractivity contribution in [2.75, 3.05) is 12.4 Å². The number of hydrazone groups is 1. The lowest BCUT2D eigenvalue weighted by molar-refractivity contribution is 0.0956. The molecule has 0 aliphatic rings. The summed E-state index contributed by atoms with van der Waals surface area (Å²) in [5, 5.41) is 9.26. The molecule has 0 unspecified atom stereocenters. The quantitative estimate of drug-likeness (QED) is 0.209. The topological polar surface area (TPSA) is 89.0 Å². The zero-order valence-corrected chi connectivity index (χ0v) is 20.8. The summed E-state index contributed by atoms with van der Waals surface area (Å²) >= 11 is 7.51. The van der Waals surface area contributed by atoms with Gasteiger partial charge in [0.05, 0.1) is 29.5 Å². The largest absolute Gasteiger partial charge is 0.493 e. The maximum absolute atomic E-state index is 12.7. The summed E-state index contributed by atoms with van der Waals surface area (Å²) in [5.74, 6) is 0.325. The summed E-state index contributed by atoms with van der Waals surface area (Å²) in [5.41, 5.74) is 4.74. The van der Waals surface area contributed by atoms with Crippen molar-refractivity contribution >= 4 is 46.7 Å². The van der Waals surface area contributed by atoms with E-state index in [1.54, 1.807) is 67.8 Å². The number of nitrogens with zero attached hydrogens (tertiary/aromatic N) is 1. The standard InChI is InChI=1S/C27H22ClN3O4S/c1-34-24-15-18(12-13-23(24)35-17-19-7-2-4-9-21(19)28)16-29-31-26(32)20-8-3-5-10-22(20)30-27(33)25-11-6-14-36-25/h2-16H,17H2,1H3,(H,30,33)(H,31,32)/b29-16-. The minimum atomic E-state index is -0.458. The summed E-state index contributed by atoms with van der Waals surface area (Å²) < 4.78 is 11.3. The molecule has 4 rings (SSSR count). The van der Waals surface area contributed by atoms with E-state index in [0.29, 0.717) is 44.8 Å². The molecular formula is C27H22ClN3O4S. The Kier molecular flexibility index (Phi) is 8.33. The van der Waals surface area contributed by atoms with Gasteiger partial charge in [0.2, 0.25) is 0 Å². The van der Waals surface area contributed by atoms with Crippen molar-refractivity contribution in [2.45, 2.75) is 6.61 Å². The van der Waals surface area contributed by atoms with Crippen molar-refractivity contribution in [1.29, 1.82) is 0 Å². The predicted octanol–water partition coefficient (Wildman–Crippen LogP) is 6.01. The number of benzene rings is 3. The van der Waals surface area contributed by atoms with Crippen LogP contribution < -0.4 is 20.2 Å². The highest BCUT2D eigenvalue weighted by atomic mass is 35.5. The second-order valence-corrected chi connectivity index (χ2v) is 8.82. The maximum atomic E-state index is 12.7. The average Bonchev–Trinajstić information content (AvgIpc) is 3.44. The third-order valence-electron chi connectivity index (χ3n) is 5.07. The first-order valence-electron chi connectivity index (χ1n) is 10.9. The molecule has 0 saturated carbocycles. The molecule has 2 N–H and O–H groups in total. The van der Waals surface area contributed by atoms with Crippen molar-refractivity contribution in [1.82, 2.24) is 5.43 Å². The number of anilines is 1. The number of nitrogens with one attached hydrogen (secondary N) is 2. The Hall–Kier alpha value is -4.14. The van der Waals surface area contributed by atoms with Crippen molar-refractivity contribution in [3.05, 3.63) is 111 Å². The number of rotatable bonds is 9. The van der Waals surface area contributed by atoms with Gasteiger partial charge in [0.1, 0.15) is 6.61 Å². The molecule has 182 valence electrons. The average molecular weight is 520 g/mol. The number of carbonyl (C=O) groups excluding carboxylic acids is 2. The Balaban J connectivity index is 1.40. The molecule has 7 nitrogen and oxygen atoms in total. The zero-order chi connectivity index (χ0) is 25.3. The van der Waals surface area contributed by atoms with Gasteiger partial charge in [-0.25, -0.2) is 5.43 Å². The number of hydrogen-bond acceptors (Lipinski definition) is 6. The Labute approximate surface area is 217 Å². The number of ether oxygens (including phenoxy) is 2. The van der Waals surface area contributed by atoms with Crippen LogP contribution in [0, 0.1) is 0 Å². The van der Waals surface area contributed by atoms with Crippen LogP contribution in [0.5, 0.6) is 11.5 Å². The fourth-order valence-corrected chi connectivity index (χ4v) is 4.07. The van der Waals surface area contributed by atoms with Crippen LogP contribution in [-0.2, 0) is 6.61 Å². The monoisotopic (exact) mass is 519 g/mol. The molecule has 2 amide bonds. The highest BCUT2D eigenvalue weighted by Crippen LogP contribution is 2.29. The van der Waals surface area contributed by atoms with E-state index in [-0.39, 0.29) is 5.91 Å². The number of carbonyl (C=O) groups is 2. The third kappa shape index (κ3) is 6.29. The van der Waals surface area contributed by atoms with Crippen molar-refractivity contribution < 1.29 is 19.1 Å². The second-order valence-electron chi connectivity index (χ2n) is 7.47. The van der Waals surface area contributed by atoms with Crippen LogP contribution in [0.2, 0.25) is 5.02 Å². The number of thiophene rings is 1. The Bertz CT molecular complexity index is 1390. The van der Waals surface area contributed by atoms with E-state index in [4.69, 9.17) is 21.1 Å². The highest BCUT2D eigenvalue weighted by molar-refractivity contribution is 7.12. The minimum Gasteiger partial charge on any atom is -0.493 e. The SMILES string of the molecule is COc1cc(/C=N\NC(=O)c2ccccc2NC(=O)c2cccs2)ccc1OCc1ccccc1Cl. The molecule has 0 radical (unpaired) electrons. The molecule has 36 heavy (non-hydrogen) atoms. The van der Waals surface area contributed by atoms with E-state index >= 15 is 0 Å². The van der Waals surface area contributed by atoms with Crippen LogP contribution in [0.15, 0.2) is 89.3 Å². The van der Waals surface area contributed by atoms with Gasteiger partial charge in [-0.15, -0.1) is 11.3 Å². The van der Waals surface area contributed by atoms with Crippen LogP contribution in [0.1, 0.15) is 31.2 Å². The minimum absolute atomic E-state index is 0.280. The number of hydrogen-bond donors (Lipinski definition) is 2. The normalized spacial score (nSPS) is 10.7. The summed E-state index contributed by atoms with van der Waals surface area (Å²) in [4.78, 5) is 25.7. The molecule has 0 aliphatic carbocycles. The lowest BCUT2D eigenvalue weighted by Crippen LogP contribution is -2.21. The van der Waals surface area contributed by atoms with Gasteiger partial charge in [0.25, 0.3) is 11.8 Å². The zero-order valence-electron chi connectivity index (χ0n) is 19.2. The third-order valence-corrected chi connectivity index (χ3v) is 6.31. The van der Waals surface area contributed by atoms with Gasteiger partial charge >= 0.3 is 0 Å². The van der Waals surface area contributed by atoms with Crippen LogP contribution in [0.4, 0.5) is 5.69 Å². The lowest BCUT2D eigenvalue weighted by Gasteiger charge is -2.12. The van der Waals surface area contributed by atoms with Crippen molar-refractivity contribution in [2.24, 2.45) is 5.10 Å². The molecule has 3 aromatic carbocycles. The molecule has 9 heteroatoms. The van der Waals surface area contributed by atoms with E-state index in [1.165, 1.54) is 17.6 Å². The van der Waals surface area contributed by atoms with E-state index in [2.05, 4.69) is 15.8 Å². The summed E-state index contributed by atoms with van der Waals surface area (Å²) in [7, 11) is 1.54. The summed E-state index contributed by atoms with van der Waals surface area (Å²) in [6.45, 7) is 0.294. The number of halogens is 1. The highest BCUT2D eigenvalue weighted by Gasteiger charge is 2.14. The van der Waals surface area contributed by atoms with E-state index in [1.807, 2.05) is 23.6 Å². The van der Waals surface area contributed by atoms with E-state index in [9.17, 15) is 9.59 Å². The Morgan fingerprint density at radius 1 is 0.972 bits per heavy atom. The fraction of sp³-hybridized carbons (Fsp3) is 0.0741. The molecule has 0 spiro atoms. The Morgan fingerprint density at radius 2 is 1.78 bits per heavy atom. The van der Waals surface area contributed by atoms with Gasteiger partial charge in [0, 0.05) is 10.6 Å². The van der Waals surface area contributed by atoms with Crippen molar-refractivity contribution in [3.8, 4) is 11.5 Å². The molecule has 1 heterocycles. The van der Waals surface area contributed by atoms with E-state index < -0.39 is 5.91 Å². The molecule has 4 aromatic rings. The van der Waals surface area contributed by atoms with Gasteiger partial charge < -0.3 is 14.8 Å². The van der Waals surface area contributed by atoms with E-state index in [0.717, 1.165) is 5.56 Å². The molecular weight excluding hydrogens is 498 g/mol. The molecule has 0 bridgehead atoms. The number of methoxy groups -OCH3 is 1. The smallest absolute Gasteiger partial charge is 0.273 e. The van der Waals surface area contributed by atoms with Gasteiger partial charge in [-0.1, -0.05) is 48.0 Å². The van der Waals surface area contributed by atoms with Crippen LogP contribution in [0.25, 0.3) is 0 Å². The van der Waals surface area contributed by atoms with Crippen LogP contribution in [-0.4, -0.2) is 25.1 Å². The first kappa shape index (κ1) is 25.0. The summed E-state index contributed by atoms with van der Waals surface area (Å²) in [6.07, 6.45) is 1.49. The van der Waals surface area contributed by atoms with Gasteiger partial charge in [-0.05, 0) is 53.4 Å². The number of para-hydroxylation sites is 1. The first-order chi connectivity index (χ1) is 17.5. The molecule has 0 saturated heterocycles. The molecule has 0 fully saturated rings. The second kappa shape index (κ2) is 12.0. The van der Waals surface area contributed by atoms with Crippen LogP contribution in [0.3, 0.4) is 0 Å². The van der Waals surface area contributed by atoms with Crippen molar-refractivity contribution in [3.63, 3.8) is 0 Å². The Morgan fingerprint density at radius 3 is 2.56 bits per heavy atom.